The van der Waals surface area contributed by atoms with E-state index in [1.54, 1.807) is 11.6 Å². The molecule has 0 spiro atoms. The van der Waals surface area contributed by atoms with Crippen LogP contribution in [0.25, 0.3) is 0 Å². The van der Waals surface area contributed by atoms with Crippen molar-refractivity contribution >= 4 is 23.5 Å². The van der Waals surface area contributed by atoms with Gasteiger partial charge in [-0.2, -0.15) is 0 Å². The van der Waals surface area contributed by atoms with Crippen molar-refractivity contribution in [2.45, 2.75) is 0 Å². The molecule has 1 aromatic carbocycles. The zero-order chi connectivity index (χ0) is 12.3. The van der Waals surface area contributed by atoms with Gasteiger partial charge in [-0.1, -0.05) is 0 Å². The largest absolute Gasteiger partial charge is 0.310 e. The molecule has 0 fully saturated rings. The second-order valence-corrected chi connectivity index (χ2v) is 4.44. The van der Waals surface area contributed by atoms with E-state index in [0.717, 1.165) is 0 Å². The van der Waals surface area contributed by atoms with Crippen LogP contribution in [-0.4, -0.2) is 28.9 Å². The molecule has 0 aliphatic carbocycles. The number of Topliss-reactive ketones (excluding diaryl/α,β-unsaturated/α-hetero) is 1. The minimum atomic E-state index is -0.383. The molecule has 0 N–H and O–H groups in total. The maximum Gasteiger partial charge on any atom is 0.237 e. The van der Waals surface area contributed by atoms with Crippen LogP contribution in [0.15, 0.2) is 35.9 Å². The molecule has 0 atom stereocenters. The Labute approximate surface area is 102 Å². The van der Waals surface area contributed by atoms with Crippen LogP contribution in [0.4, 0.5) is 4.39 Å². The van der Waals surface area contributed by atoms with Crippen molar-refractivity contribution < 1.29 is 14.0 Å². The lowest BCUT2D eigenvalue weighted by Crippen LogP contribution is -2.33. The van der Waals surface area contributed by atoms with Gasteiger partial charge in [0.2, 0.25) is 5.91 Å². The number of ketones is 1. The summed E-state index contributed by atoms with van der Waals surface area (Å²) in [7, 11) is 0. The highest BCUT2D eigenvalue weighted by Crippen LogP contribution is 2.13. The van der Waals surface area contributed by atoms with Gasteiger partial charge in [0.05, 0.1) is 12.3 Å². The molecular formula is C12H10FNO2S. The summed E-state index contributed by atoms with van der Waals surface area (Å²) >= 11 is 1.40. The highest BCUT2D eigenvalue weighted by Gasteiger charge is 2.18. The van der Waals surface area contributed by atoms with Crippen LogP contribution in [0, 0.1) is 5.82 Å². The van der Waals surface area contributed by atoms with Crippen molar-refractivity contribution in [1.29, 1.82) is 0 Å². The Kier molecular flexibility index (Phi) is 3.58. The Bertz CT molecular complexity index is 470. The molecule has 1 aromatic rings. The fraction of sp³-hybridized carbons (Fsp3) is 0.167. The number of carbonyl (C=O) groups is 2. The van der Waals surface area contributed by atoms with Crippen molar-refractivity contribution in [3.8, 4) is 0 Å². The third-order valence-electron chi connectivity index (χ3n) is 2.34. The third kappa shape index (κ3) is 2.94. The molecule has 3 nitrogen and oxygen atoms in total. The quantitative estimate of drug-likeness (QED) is 0.772. The van der Waals surface area contributed by atoms with Crippen molar-refractivity contribution in [3.63, 3.8) is 0 Å². The molecule has 0 bridgehead atoms. The van der Waals surface area contributed by atoms with E-state index < -0.39 is 0 Å². The minimum Gasteiger partial charge on any atom is -0.310 e. The van der Waals surface area contributed by atoms with E-state index in [1.807, 2.05) is 0 Å². The molecule has 0 saturated carbocycles. The first kappa shape index (κ1) is 11.9. The van der Waals surface area contributed by atoms with Gasteiger partial charge in [-0.15, -0.1) is 11.8 Å². The maximum atomic E-state index is 12.7. The smallest absolute Gasteiger partial charge is 0.237 e. The van der Waals surface area contributed by atoms with Crippen LogP contribution in [-0.2, 0) is 4.79 Å². The summed E-state index contributed by atoms with van der Waals surface area (Å²) in [5.41, 5.74) is 0.408. The zero-order valence-corrected chi connectivity index (χ0v) is 9.74. The molecule has 5 heteroatoms. The molecule has 1 amide bonds. The predicted molar refractivity (Wildman–Crippen MR) is 64.0 cm³/mol. The molecule has 1 aliphatic rings. The van der Waals surface area contributed by atoms with Gasteiger partial charge in [0.15, 0.2) is 5.78 Å². The fourth-order valence-corrected chi connectivity index (χ4v) is 2.06. The Balaban J connectivity index is 2.06. The Hall–Kier alpha value is -1.62. The number of nitrogens with zero attached hydrogens (tertiary/aromatic N) is 1. The number of hydrogen-bond acceptors (Lipinski definition) is 3. The topological polar surface area (TPSA) is 37.4 Å². The van der Waals surface area contributed by atoms with Crippen LogP contribution < -0.4 is 0 Å². The number of rotatable bonds is 3. The van der Waals surface area contributed by atoms with Crippen molar-refractivity contribution in [2.24, 2.45) is 0 Å². The summed E-state index contributed by atoms with van der Waals surface area (Å²) in [5.74, 6) is -0.317. The second-order valence-electron chi connectivity index (χ2n) is 3.55. The molecule has 2 rings (SSSR count). The molecule has 88 valence electrons. The van der Waals surface area contributed by atoms with E-state index >= 15 is 0 Å². The minimum absolute atomic E-state index is 0.00151. The maximum absolute atomic E-state index is 12.7. The van der Waals surface area contributed by atoms with Gasteiger partial charge in [0, 0.05) is 11.8 Å². The predicted octanol–water partition coefficient (Wildman–Crippen LogP) is 2.06. The lowest BCUT2D eigenvalue weighted by molar-refractivity contribution is -0.125. The van der Waals surface area contributed by atoms with E-state index in [0.29, 0.717) is 11.3 Å². The number of halogens is 1. The van der Waals surface area contributed by atoms with Crippen LogP contribution in [0.2, 0.25) is 0 Å². The summed E-state index contributed by atoms with van der Waals surface area (Å²) in [5, 5.41) is 1.78. The molecule has 0 aromatic heterocycles. The Morgan fingerprint density at radius 2 is 2.06 bits per heavy atom. The first-order valence-electron chi connectivity index (χ1n) is 5.03. The van der Waals surface area contributed by atoms with Crippen LogP contribution in [0.5, 0.6) is 0 Å². The summed E-state index contributed by atoms with van der Waals surface area (Å²) in [6.07, 6.45) is 1.60. The Morgan fingerprint density at radius 3 is 2.71 bits per heavy atom. The van der Waals surface area contributed by atoms with E-state index in [9.17, 15) is 14.0 Å². The van der Waals surface area contributed by atoms with Gasteiger partial charge in [-0.25, -0.2) is 4.39 Å². The SMILES string of the molecule is O=C(CN1C=CSCC1=O)c1ccc(F)cc1. The standard InChI is InChI=1S/C12H10FNO2S/c13-10-3-1-9(2-4-10)11(15)7-14-5-6-17-8-12(14)16/h1-6H,7-8H2. The number of amides is 1. The summed E-state index contributed by atoms with van der Waals surface area (Å²) in [6.45, 7) is 0.00151. The molecule has 0 saturated heterocycles. The summed E-state index contributed by atoms with van der Waals surface area (Å²) in [6, 6.07) is 5.31. The molecule has 0 radical (unpaired) electrons. The lowest BCUT2D eigenvalue weighted by Gasteiger charge is -2.20. The highest BCUT2D eigenvalue weighted by molar-refractivity contribution is 8.02. The monoisotopic (exact) mass is 251 g/mol. The van der Waals surface area contributed by atoms with Crippen molar-refractivity contribution in [3.05, 3.63) is 47.3 Å². The van der Waals surface area contributed by atoms with Gasteiger partial charge in [-0.05, 0) is 29.7 Å². The summed E-state index contributed by atoms with van der Waals surface area (Å²) in [4.78, 5) is 24.6. The third-order valence-corrected chi connectivity index (χ3v) is 3.07. The first-order valence-corrected chi connectivity index (χ1v) is 6.08. The first-order chi connectivity index (χ1) is 8.16. The number of benzene rings is 1. The molecule has 1 heterocycles. The molecule has 1 aliphatic heterocycles. The van der Waals surface area contributed by atoms with E-state index in [1.165, 1.54) is 40.9 Å². The van der Waals surface area contributed by atoms with Crippen LogP contribution in [0.3, 0.4) is 0 Å². The normalized spacial score (nSPS) is 15.1. The number of carbonyl (C=O) groups excluding carboxylic acids is 2. The lowest BCUT2D eigenvalue weighted by atomic mass is 10.1. The summed E-state index contributed by atoms with van der Waals surface area (Å²) < 4.78 is 12.7. The van der Waals surface area contributed by atoms with Gasteiger partial charge in [0.1, 0.15) is 5.82 Å². The number of hydrogen-bond donors (Lipinski definition) is 0. The van der Waals surface area contributed by atoms with E-state index in [-0.39, 0.29) is 24.1 Å². The average Bonchev–Trinajstić information content (AvgIpc) is 2.33. The fourth-order valence-electron chi connectivity index (χ4n) is 1.42. The van der Waals surface area contributed by atoms with Crippen molar-refractivity contribution in [2.75, 3.05) is 12.3 Å². The Morgan fingerprint density at radius 1 is 1.35 bits per heavy atom. The van der Waals surface area contributed by atoms with E-state index in [4.69, 9.17) is 0 Å². The van der Waals surface area contributed by atoms with Crippen molar-refractivity contribution in [1.82, 2.24) is 4.90 Å². The molecule has 0 unspecified atom stereocenters. The average molecular weight is 251 g/mol. The zero-order valence-electron chi connectivity index (χ0n) is 8.93. The molecule has 17 heavy (non-hydrogen) atoms. The van der Waals surface area contributed by atoms with Gasteiger partial charge in [-0.3, -0.25) is 9.59 Å². The van der Waals surface area contributed by atoms with Gasteiger partial charge < -0.3 is 4.90 Å². The second kappa shape index (κ2) is 5.14. The van der Waals surface area contributed by atoms with Crippen LogP contribution in [0.1, 0.15) is 10.4 Å². The highest BCUT2D eigenvalue weighted by atomic mass is 32.2. The van der Waals surface area contributed by atoms with Gasteiger partial charge in [0.25, 0.3) is 0 Å². The molecular weight excluding hydrogens is 241 g/mol. The van der Waals surface area contributed by atoms with E-state index in [2.05, 4.69) is 0 Å². The van der Waals surface area contributed by atoms with Gasteiger partial charge >= 0.3 is 0 Å². The van der Waals surface area contributed by atoms with Crippen LogP contribution >= 0.6 is 11.8 Å². The number of thioether (sulfide) groups is 1.